The van der Waals surface area contributed by atoms with Crippen molar-refractivity contribution >= 4 is 19.1 Å². The second-order valence-electron chi connectivity index (χ2n) is 5.47. The third kappa shape index (κ3) is 1.55. The fourth-order valence-electron chi connectivity index (χ4n) is 2.95. The number of carbonyl (C=O) groups is 1. The minimum atomic E-state index is -1.43. The van der Waals surface area contributed by atoms with Gasteiger partial charge in [-0.1, -0.05) is 13.2 Å². The molecule has 6 heteroatoms. The van der Waals surface area contributed by atoms with Crippen LogP contribution in [0.5, 0.6) is 0 Å². The maximum atomic E-state index is 12.6. The first-order valence-corrected chi connectivity index (χ1v) is 6.77. The van der Waals surface area contributed by atoms with E-state index in [-0.39, 0.29) is 12.2 Å². The number of aromatic nitrogens is 2. The largest absolute Gasteiger partial charge is 0.458 e. The molecule has 0 fully saturated rings. The van der Waals surface area contributed by atoms with Crippen molar-refractivity contribution in [3.8, 4) is 11.4 Å². The maximum absolute atomic E-state index is 12.6. The Kier molecular flexibility index (Phi) is 2.44. The van der Waals surface area contributed by atoms with Gasteiger partial charge in [0.2, 0.25) is 0 Å². The normalized spacial score (nSPS) is 18.4. The molecule has 0 bridgehead atoms. The van der Waals surface area contributed by atoms with Gasteiger partial charge in [-0.15, -0.1) is 0 Å². The van der Waals surface area contributed by atoms with Gasteiger partial charge >= 0.3 is 5.97 Å². The van der Waals surface area contributed by atoms with Crippen LogP contribution in [0.4, 0.5) is 0 Å². The van der Waals surface area contributed by atoms with E-state index in [4.69, 9.17) is 4.74 Å². The maximum Gasteiger partial charge on any atom is 0.340 e. The third-order valence-electron chi connectivity index (χ3n) is 4.15. The minimum Gasteiger partial charge on any atom is -0.458 e. The molecule has 1 N–H and O–H groups in total. The molecule has 110 valence electrons. The SMILES string of the molecule is C=c1cc2c(nc1=C)-c1cc3c(c(=O)n1C2)COC(=O)C3O. The summed E-state index contributed by atoms with van der Waals surface area (Å²) in [5.74, 6) is -0.742. The molecule has 0 amide bonds. The van der Waals surface area contributed by atoms with Crippen molar-refractivity contribution < 1.29 is 14.6 Å². The Balaban J connectivity index is 2.04. The molecule has 0 radical (unpaired) electrons. The second kappa shape index (κ2) is 4.14. The predicted molar refractivity (Wildman–Crippen MR) is 78.1 cm³/mol. The van der Waals surface area contributed by atoms with Gasteiger partial charge < -0.3 is 14.4 Å². The topological polar surface area (TPSA) is 81.4 Å². The zero-order chi connectivity index (χ0) is 15.6. The highest BCUT2D eigenvalue weighted by Crippen LogP contribution is 2.32. The second-order valence-corrected chi connectivity index (χ2v) is 5.47. The molecule has 0 saturated carbocycles. The van der Waals surface area contributed by atoms with Crippen LogP contribution in [0.2, 0.25) is 0 Å². The number of carbonyl (C=O) groups excluding carboxylic acids is 1. The van der Waals surface area contributed by atoms with Gasteiger partial charge in [-0.2, -0.15) is 0 Å². The van der Waals surface area contributed by atoms with E-state index in [0.29, 0.717) is 39.6 Å². The van der Waals surface area contributed by atoms with E-state index in [9.17, 15) is 14.7 Å². The summed E-state index contributed by atoms with van der Waals surface area (Å²) in [5.41, 5.74) is 2.44. The number of aliphatic hydroxyl groups is 1. The quantitative estimate of drug-likeness (QED) is 0.548. The molecule has 22 heavy (non-hydrogen) atoms. The fraction of sp³-hybridized carbons (Fsp3) is 0.188. The number of cyclic esters (lactones) is 1. The van der Waals surface area contributed by atoms with Crippen LogP contribution in [-0.2, 0) is 22.7 Å². The van der Waals surface area contributed by atoms with Gasteiger partial charge in [0.1, 0.15) is 6.61 Å². The number of esters is 1. The first kappa shape index (κ1) is 13.0. The standard InChI is InChI=1S/C16H12N2O4/c1-7-3-9-5-18-12(13(9)17-8(7)2)4-10-11(15(18)20)6-22-16(21)14(10)19/h3-4,14,19H,1-2,5-6H2. The Bertz CT molecular complexity index is 1010. The summed E-state index contributed by atoms with van der Waals surface area (Å²) < 4.78 is 6.41. The van der Waals surface area contributed by atoms with Crippen LogP contribution in [0.15, 0.2) is 16.9 Å². The molecule has 2 aliphatic rings. The lowest BCUT2D eigenvalue weighted by atomic mass is 10.0. The number of ether oxygens (including phenoxy) is 1. The molecule has 0 aromatic carbocycles. The van der Waals surface area contributed by atoms with Crippen molar-refractivity contribution in [2.75, 3.05) is 0 Å². The van der Waals surface area contributed by atoms with E-state index in [2.05, 4.69) is 18.1 Å². The van der Waals surface area contributed by atoms with Crippen molar-refractivity contribution in [1.29, 1.82) is 0 Å². The Morgan fingerprint density at radius 2 is 2.09 bits per heavy atom. The van der Waals surface area contributed by atoms with E-state index >= 15 is 0 Å². The van der Waals surface area contributed by atoms with E-state index in [1.54, 1.807) is 10.6 Å². The van der Waals surface area contributed by atoms with E-state index in [1.165, 1.54) is 0 Å². The molecule has 4 heterocycles. The number of hydrogen-bond acceptors (Lipinski definition) is 5. The number of aliphatic hydroxyl groups excluding tert-OH is 1. The number of rotatable bonds is 0. The molecule has 2 aromatic rings. The number of fused-ring (bicyclic) bond motifs is 4. The van der Waals surface area contributed by atoms with Crippen molar-refractivity contribution in [3.05, 3.63) is 49.7 Å². The molecule has 1 unspecified atom stereocenters. The summed E-state index contributed by atoms with van der Waals surface area (Å²) in [7, 11) is 0. The van der Waals surface area contributed by atoms with Crippen molar-refractivity contribution in [2.24, 2.45) is 0 Å². The highest BCUT2D eigenvalue weighted by atomic mass is 16.5. The van der Waals surface area contributed by atoms with Crippen LogP contribution >= 0.6 is 0 Å². The lowest BCUT2D eigenvalue weighted by Crippen LogP contribution is -2.32. The Labute approximate surface area is 124 Å². The summed E-state index contributed by atoms with van der Waals surface area (Å²) in [5, 5.41) is 11.2. The zero-order valence-corrected chi connectivity index (χ0v) is 11.6. The van der Waals surface area contributed by atoms with Gasteiger partial charge in [0.05, 0.1) is 28.8 Å². The van der Waals surface area contributed by atoms with Gasteiger partial charge in [-0.25, -0.2) is 9.78 Å². The molecule has 4 rings (SSSR count). The van der Waals surface area contributed by atoms with Gasteiger partial charge in [-0.05, 0) is 17.4 Å². The van der Waals surface area contributed by atoms with Crippen molar-refractivity contribution in [1.82, 2.24) is 9.55 Å². The fourth-order valence-corrected chi connectivity index (χ4v) is 2.95. The molecule has 0 saturated heterocycles. The van der Waals surface area contributed by atoms with Gasteiger partial charge in [0, 0.05) is 11.1 Å². The number of nitrogens with zero attached hydrogens (tertiary/aromatic N) is 2. The molecule has 0 aliphatic carbocycles. The average Bonchev–Trinajstić information content (AvgIpc) is 2.82. The Morgan fingerprint density at radius 1 is 1.32 bits per heavy atom. The number of hydrogen-bond donors (Lipinski definition) is 1. The van der Waals surface area contributed by atoms with Gasteiger partial charge in [0.15, 0.2) is 6.10 Å². The van der Waals surface area contributed by atoms with Crippen LogP contribution in [0.3, 0.4) is 0 Å². The molecule has 1 atom stereocenters. The smallest absolute Gasteiger partial charge is 0.340 e. The Morgan fingerprint density at radius 3 is 2.86 bits per heavy atom. The van der Waals surface area contributed by atoms with Crippen LogP contribution in [-0.4, -0.2) is 20.6 Å². The van der Waals surface area contributed by atoms with Crippen LogP contribution in [0.1, 0.15) is 22.8 Å². The zero-order valence-electron chi connectivity index (χ0n) is 11.6. The first-order chi connectivity index (χ1) is 10.5. The van der Waals surface area contributed by atoms with Gasteiger partial charge in [-0.3, -0.25) is 4.79 Å². The van der Waals surface area contributed by atoms with Crippen LogP contribution < -0.4 is 16.1 Å². The minimum absolute atomic E-state index is 0.116. The van der Waals surface area contributed by atoms with Crippen molar-refractivity contribution in [3.63, 3.8) is 0 Å². The Hall–Kier alpha value is -2.73. The van der Waals surface area contributed by atoms with E-state index < -0.39 is 12.1 Å². The molecular formula is C16H12N2O4. The highest BCUT2D eigenvalue weighted by molar-refractivity contribution is 5.79. The molecule has 0 spiro atoms. The summed E-state index contributed by atoms with van der Waals surface area (Å²) >= 11 is 0. The molecular weight excluding hydrogens is 284 g/mol. The number of pyridine rings is 2. The lowest BCUT2D eigenvalue weighted by molar-refractivity contribution is -0.157. The van der Waals surface area contributed by atoms with E-state index in [1.807, 2.05) is 6.07 Å². The van der Waals surface area contributed by atoms with E-state index in [0.717, 1.165) is 5.56 Å². The summed E-state index contributed by atoms with van der Waals surface area (Å²) in [4.78, 5) is 28.5. The highest BCUT2D eigenvalue weighted by Gasteiger charge is 2.33. The lowest BCUT2D eigenvalue weighted by Gasteiger charge is -2.21. The predicted octanol–water partition coefficient (Wildman–Crippen LogP) is -0.817. The van der Waals surface area contributed by atoms with Gasteiger partial charge in [0.25, 0.3) is 5.56 Å². The molecule has 6 nitrogen and oxygen atoms in total. The van der Waals surface area contributed by atoms with Crippen molar-refractivity contribution in [2.45, 2.75) is 19.3 Å². The first-order valence-electron chi connectivity index (χ1n) is 6.77. The van der Waals surface area contributed by atoms with Crippen LogP contribution in [0.25, 0.3) is 24.5 Å². The van der Waals surface area contributed by atoms with Crippen LogP contribution in [0, 0.1) is 0 Å². The molecule has 2 aliphatic heterocycles. The third-order valence-corrected chi connectivity index (χ3v) is 4.15. The average molecular weight is 296 g/mol. The summed E-state index contributed by atoms with van der Waals surface area (Å²) in [6, 6.07) is 3.50. The monoisotopic (exact) mass is 296 g/mol. The summed E-state index contributed by atoms with van der Waals surface area (Å²) in [6.45, 7) is 7.96. The summed E-state index contributed by atoms with van der Waals surface area (Å²) in [6.07, 6.45) is -1.43. The molecule has 2 aromatic heterocycles.